The molecule has 0 aliphatic heterocycles. The van der Waals surface area contributed by atoms with Crippen LogP contribution in [0.4, 0.5) is 0 Å². The van der Waals surface area contributed by atoms with Crippen LogP contribution in [0.15, 0.2) is 43.5 Å². The monoisotopic (exact) mass is 195 g/mol. The van der Waals surface area contributed by atoms with Gasteiger partial charge in [0.05, 0.1) is 21.1 Å². The van der Waals surface area contributed by atoms with Gasteiger partial charge in [-0.1, -0.05) is 30.3 Å². The third kappa shape index (κ3) is 7.53. The lowest BCUT2D eigenvalue weighted by Crippen LogP contribution is -2.33. The number of hydrogen-bond donors (Lipinski definition) is 1. The SMILES string of the molecule is C=C.C[N+](C)(C)Cc1ccccc1.N. The quantitative estimate of drug-likeness (QED) is 0.571. The minimum absolute atomic E-state index is 0. The van der Waals surface area contributed by atoms with Crippen LogP contribution < -0.4 is 6.15 Å². The second-order valence-electron chi connectivity index (χ2n) is 3.93. The van der Waals surface area contributed by atoms with Gasteiger partial charge in [-0.2, -0.15) is 0 Å². The number of benzene rings is 1. The van der Waals surface area contributed by atoms with Gasteiger partial charge >= 0.3 is 0 Å². The Kier molecular flexibility index (Phi) is 8.01. The zero-order chi connectivity index (χ0) is 10.3. The van der Waals surface area contributed by atoms with Crippen LogP contribution in [0.1, 0.15) is 5.56 Å². The first-order valence-corrected chi connectivity index (χ1v) is 4.42. The Bertz CT molecular complexity index is 224. The Morgan fingerprint density at radius 1 is 1.00 bits per heavy atom. The molecule has 14 heavy (non-hydrogen) atoms. The molecule has 1 rings (SSSR count). The van der Waals surface area contributed by atoms with Gasteiger partial charge in [0.15, 0.2) is 0 Å². The molecule has 0 radical (unpaired) electrons. The topological polar surface area (TPSA) is 35.0 Å². The minimum atomic E-state index is 0. The van der Waals surface area contributed by atoms with E-state index in [-0.39, 0.29) is 6.15 Å². The maximum atomic E-state index is 3.00. The molecule has 1 aromatic carbocycles. The van der Waals surface area contributed by atoms with E-state index in [0.717, 1.165) is 11.0 Å². The molecule has 2 heteroatoms. The Labute approximate surface area is 88.0 Å². The summed E-state index contributed by atoms with van der Waals surface area (Å²) in [6.45, 7) is 7.10. The molecule has 0 saturated heterocycles. The van der Waals surface area contributed by atoms with Crippen molar-refractivity contribution in [3.05, 3.63) is 49.1 Å². The van der Waals surface area contributed by atoms with Gasteiger partial charge in [-0.3, -0.25) is 0 Å². The van der Waals surface area contributed by atoms with E-state index in [1.807, 2.05) is 0 Å². The van der Waals surface area contributed by atoms with Crippen LogP contribution in [0, 0.1) is 0 Å². The van der Waals surface area contributed by atoms with E-state index in [1.165, 1.54) is 5.56 Å². The van der Waals surface area contributed by atoms with Gasteiger partial charge in [-0.25, -0.2) is 0 Å². The first-order valence-electron chi connectivity index (χ1n) is 4.42. The lowest BCUT2D eigenvalue weighted by Gasteiger charge is -2.23. The Hall–Kier alpha value is -1.12. The Balaban J connectivity index is 0. The number of quaternary nitrogens is 1. The lowest BCUT2D eigenvalue weighted by atomic mass is 10.2. The summed E-state index contributed by atoms with van der Waals surface area (Å²) >= 11 is 0. The molecule has 0 aliphatic carbocycles. The van der Waals surface area contributed by atoms with Crippen LogP contribution >= 0.6 is 0 Å². The highest BCUT2D eigenvalue weighted by Gasteiger charge is 2.06. The van der Waals surface area contributed by atoms with E-state index in [1.54, 1.807) is 0 Å². The van der Waals surface area contributed by atoms with Crippen molar-refractivity contribution in [1.29, 1.82) is 0 Å². The zero-order valence-electron chi connectivity index (χ0n) is 9.66. The van der Waals surface area contributed by atoms with Crippen LogP contribution in [0.5, 0.6) is 0 Å². The molecule has 0 aliphatic rings. The largest absolute Gasteiger partial charge is 0.344 e. The molecule has 0 bridgehead atoms. The summed E-state index contributed by atoms with van der Waals surface area (Å²) in [6.07, 6.45) is 0. The highest BCUT2D eigenvalue weighted by Crippen LogP contribution is 2.04. The molecule has 0 aromatic heterocycles. The molecule has 0 spiro atoms. The van der Waals surface area contributed by atoms with Crippen molar-refractivity contribution in [2.75, 3.05) is 21.1 Å². The lowest BCUT2D eigenvalue weighted by molar-refractivity contribution is -0.884. The Morgan fingerprint density at radius 2 is 1.43 bits per heavy atom. The van der Waals surface area contributed by atoms with Crippen LogP contribution in [0.3, 0.4) is 0 Å². The summed E-state index contributed by atoms with van der Waals surface area (Å²) < 4.78 is 0.990. The average Bonchev–Trinajstić information content (AvgIpc) is 2.07. The molecule has 0 amide bonds. The number of hydrogen-bond acceptors (Lipinski definition) is 1. The normalized spacial score (nSPS) is 9.36. The summed E-state index contributed by atoms with van der Waals surface area (Å²) in [7, 11) is 6.60. The van der Waals surface area contributed by atoms with Crippen LogP contribution in [0.25, 0.3) is 0 Å². The van der Waals surface area contributed by atoms with E-state index in [2.05, 4.69) is 64.6 Å². The van der Waals surface area contributed by atoms with E-state index < -0.39 is 0 Å². The van der Waals surface area contributed by atoms with Gasteiger partial charge in [0.25, 0.3) is 0 Å². The van der Waals surface area contributed by atoms with Crippen molar-refractivity contribution in [3.63, 3.8) is 0 Å². The molecule has 1 aromatic rings. The fraction of sp³-hybridized carbons (Fsp3) is 0.333. The molecule has 0 fully saturated rings. The first kappa shape index (κ1) is 15.4. The van der Waals surface area contributed by atoms with E-state index in [4.69, 9.17) is 0 Å². The van der Waals surface area contributed by atoms with E-state index in [0.29, 0.717) is 0 Å². The third-order valence-electron chi connectivity index (χ3n) is 1.50. The minimum Gasteiger partial charge on any atom is -0.344 e. The predicted molar refractivity (Wildman–Crippen MR) is 64.5 cm³/mol. The highest BCUT2D eigenvalue weighted by molar-refractivity contribution is 5.13. The van der Waals surface area contributed by atoms with E-state index in [9.17, 15) is 0 Å². The van der Waals surface area contributed by atoms with Crippen LogP contribution in [0.2, 0.25) is 0 Å². The summed E-state index contributed by atoms with van der Waals surface area (Å²) in [6, 6.07) is 10.6. The zero-order valence-corrected chi connectivity index (χ0v) is 9.66. The van der Waals surface area contributed by atoms with Crippen molar-refractivity contribution in [3.8, 4) is 0 Å². The van der Waals surface area contributed by atoms with Crippen molar-refractivity contribution < 1.29 is 4.48 Å². The molecule has 0 unspecified atom stereocenters. The molecular weight excluding hydrogens is 172 g/mol. The number of rotatable bonds is 2. The van der Waals surface area contributed by atoms with Crippen LogP contribution in [-0.4, -0.2) is 25.6 Å². The second kappa shape index (κ2) is 7.30. The van der Waals surface area contributed by atoms with Gasteiger partial charge < -0.3 is 10.6 Å². The third-order valence-corrected chi connectivity index (χ3v) is 1.50. The van der Waals surface area contributed by atoms with Gasteiger partial charge in [-0.15, -0.1) is 13.2 Å². The molecule has 0 saturated carbocycles. The van der Waals surface area contributed by atoms with Crippen molar-refractivity contribution >= 4 is 0 Å². The molecule has 2 nitrogen and oxygen atoms in total. The van der Waals surface area contributed by atoms with Gasteiger partial charge in [0.2, 0.25) is 0 Å². The summed E-state index contributed by atoms with van der Waals surface area (Å²) in [5, 5.41) is 0. The van der Waals surface area contributed by atoms with Gasteiger partial charge in [0, 0.05) is 5.56 Å². The van der Waals surface area contributed by atoms with E-state index >= 15 is 0 Å². The van der Waals surface area contributed by atoms with Gasteiger partial charge in [-0.05, 0) is 0 Å². The molecule has 3 N–H and O–H groups in total. The standard InChI is InChI=1S/C10H16N.C2H4.H3N/c1-11(2,3)9-10-7-5-4-6-8-10;1-2;/h4-8H,9H2,1-3H3;1-2H2;1H3/q+1;;. The van der Waals surface area contributed by atoms with Crippen LogP contribution in [-0.2, 0) is 6.54 Å². The maximum absolute atomic E-state index is 3.00. The summed E-state index contributed by atoms with van der Waals surface area (Å²) in [4.78, 5) is 0. The summed E-state index contributed by atoms with van der Waals surface area (Å²) in [5.41, 5.74) is 1.40. The fourth-order valence-electron chi connectivity index (χ4n) is 1.13. The molecule has 80 valence electrons. The molecular formula is C12H23N2+. The smallest absolute Gasteiger partial charge is 0.104 e. The summed E-state index contributed by atoms with van der Waals surface area (Å²) in [5.74, 6) is 0. The van der Waals surface area contributed by atoms with Crippen molar-refractivity contribution in [2.24, 2.45) is 0 Å². The molecule has 0 atom stereocenters. The highest BCUT2D eigenvalue weighted by atomic mass is 15.3. The Morgan fingerprint density at radius 3 is 1.79 bits per heavy atom. The first-order chi connectivity index (χ1) is 6.08. The average molecular weight is 195 g/mol. The van der Waals surface area contributed by atoms with Gasteiger partial charge in [0.1, 0.15) is 6.54 Å². The van der Waals surface area contributed by atoms with Crippen molar-refractivity contribution in [2.45, 2.75) is 6.54 Å². The fourth-order valence-corrected chi connectivity index (χ4v) is 1.13. The number of nitrogens with zero attached hydrogens (tertiary/aromatic N) is 1. The predicted octanol–water partition coefficient (Wildman–Crippen LogP) is 2.86. The maximum Gasteiger partial charge on any atom is 0.104 e. The van der Waals surface area contributed by atoms with Crippen molar-refractivity contribution in [1.82, 2.24) is 6.15 Å². The second-order valence-corrected chi connectivity index (χ2v) is 3.93. The molecule has 0 heterocycles.